The number of nitrogens with two attached hydrogens (primary N) is 1. The van der Waals surface area contributed by atoms with Crippen LogP contribution in [0.15, 0.2) is 18.2 Å². The molecule has 0 bridgehead atoms. The van der Waals surface area contributed by atoms with Crippen molar-refractivity contribution < 1.29 is 9.53 Å². The Kier molecular flexibility index (Phi) is 7.73. The number of benzene rings is 1. The van der Waals surface area contributed by atoms with Crippen molar-refractivity contribution in [2.24, 2.45) is 0 Å². The third-order valence-corrected chi connectivity index (χ3v) is 3.11. The van der Waals surface area contributed by atoms with E-state index in [1.54, 1.807) is 0 Å². The molecular formula is C16H26N2O2. The van der Waals surface area contributed by atoms with Gasteiger partial charge in [-0.25, -0.2) is 0 Å². The minimum atomic E-state index is -0.158. The average Bonchev–Trinajstić information content (AvgIpc) is 2.41. The molecule has 0 unspecified atom stereocenters. The van der Waals surface area contributed by atoms with Crippen LogP contribution in [-0.4, -0.2) is 19.1 Å². The Labute approximate surface area is 121 Å². The lowest BCUT2D eigenvalue weighted by molar-refractivity contribution is -0.120. The van der Waals surface area contributed by atoms with Crippen LogP contribution in [0.3, 0.4) is 0 Å². The van der Waals surface area contributed by atoms with E-state index in [0.717, 1.165) is 12.0 Å². The Balaban J connectivity index is 2.17. The SMILES string of the molecule is CCCCCCCOCC(=O)Nc1ccc(C)cc1N. The van der Waals surface area contributed by atoms with Gasteiger partial charge in [0, 0.05) is 6.61 Å². The standard InChI is InChI=1S/C16H26N2O2/c1-3-4-5-6-7-10-20-12-16(19)18-15-9-8-13(2)11-14(15)17/h8-9,11H,3-7,10,12,17H2,1-2H3,(H,18,19). The van der Waals surface area contributed by atoms with E-state index in [4.69, 9.17) is 10.5 Å². The van der Waals surface area contributed by atoms with Gasteiger partial charge in [-0.05, 0) is 31.0 Å². The highest BCUT2D eigenvalue weighted by Gasteiger charge is 2.05. The van der Waals surface area contributed by atoms with Crippen molar-refractivity contribution in [2.45, 2.75) is 46.0 Å². The summed E-state index contributed by atoms with van der Waals surface area (Å²) >= 11 is 0. The number of amides is 1. The summed E-state index contributed by atoms with van der Waals surface area (Å²) in [5, 5.41) is 2.76. The predicted octanol–water partition coefficient (Wildman–Crippen LogP) is 3.50. The van der Waals surface area contributed by atoms with E-state index in [1.165, 1.54) is 25.7 Å². The molecule has 0 spiro atoms. The summed E-state index contributed by atoms with van der Waals surface area (Å²) in [4.78, 5) is 11.7. The largest absolute Gasteiger partial charge is 0.397 e. The fourth-order valence-corrected chi connectivity index (χ4v) is 1.95. The molecule has 1 aromatic carbocycles. The monoisotopic (exact) mass is 278 g/mol. The second kappa shape index (κ2) is 9.37. The second-order valence-electron chi connectivity index (χ2n) is 5.11. The Morgan fingerprint density at radius 1 is 1.25 bits per heavy atom. The van der Waals surface area contributed by atoms with Crippen LogP contribution < -0.4 is 11.1 Å². The molecule has 20 heavy (non-hydrogen) atoms. The molecule has 4 heteroatoms. The van der Waals surface area contributed by atoms with Gasteiger partial charge in [0.05, 0.1) is 11.4 Å². The Hall–Kier alpha value is -1.55. The number of unbranched alkanes of at least 4 members (excludes halogenated alkanes) is 4. The lowest BCUT2D eigenvalue weighted by Crippen LogP contribution is -2.19. The van der Waals surface area contributed by atoms with Gasteiger partial charge in [0.2, 0.25) is 5.91 Å². The lowest BCUT2D eigenvalue weighted by Gasteiger charge is -2.09. The van der Waals surface area contributed by atoms with Crippen molar-refractivity contribution in [3.8, 4) is 0 Å². The van der Waals surface area contributed by atoms with E-state index in [9.17, 15) is 4.79 Å². The van der Waals surface area contributed by atoms with E-state index < -0.39 is 0 Å². The number of nitrogens with one attached hydrogen (secondary N) is 1. The molecule has 112 valence electrons. The maximum atomic E-state index is 11.7. The number of hydrogen-bond acceptors (Lipinski definition) is 3. The molecule has 0 aliphatic rings. The van der Waals surface area contributed by atoms with Gasteiger partial charge in [-0.3, -0.25) is 4.79 Å². The molecule has 0 aromatic heterocycles. The van der Waals surface area contributed by atoms with Gasteiger partial charge in [-0.2, -0.15) is 0 Å². The number of carbonyl (C=O) groups is 1. The van der Waals surface area contributed by atoms with Crippen LogP contribution in [0.2, 0.25) is 0 Å². The summed E-state index contributed by atoms with van der Waals surface area (Å²) in [5.74, 6) is -0.158. The third-order valence-electron chi connectivity index (χ3n) is 3.11. The molecule has 0 atom stereocenters. The summed E-state index contributed by atoms with van der Waals surface area (Å²) in [6.07, 6.45) is 5.93. The van der Waals surface area contributed by atoms with Crippen molar-refractivity contribution in [1.29, 1.82) is 0 Å². The zero-order valence-electron chi connectivity index (χ0n) is 12.6. The summed E-state index contributed by atoms with van der Waals surface area (Å²) in [5.41, 5.74) is 8.14. The van der Waals surface area contributed by atoms with Crippen LogP contribution in [-0.2, 0) is 9.53 Å². The van der Waals surface area contributed by atoms with Gasteiger partial charge in [-0.1, -0.05) is 38.7 Å². The summed E-state index contributed by atoms with van der Waals surface area (Å²) in [6.45, 7) is 4.88. The summed E-state index contributed by atoms with van der Waals surface area (Å²) in [7, 11) is 0. The number of aryl methyl sites for hydroxylation is 1. The molecule has 0 saturated heterocycles. The van der Waals surface area contributed by atoms with Crippen LogP contribution in [0.1, 0.15) is 44.6 Å². The quantitative estimate of drug-likeness (QED) is 0.536. The van der Waals surface area contributed by atoms with Gasteiger partial charge in [-0.15, -0.1) is 0 Å². The third kappa shape index (κ3) is 6.57. The molecular weight excluding hydrogens is 252 g/mol. The van der Waals surface area contributed by atoms with E-state index >= 15 is 0 Å². The zero-order valence-corrected chi connectivity index (χ0v) is 12.6. The van der Waals surface area contributed by atoms with Crippen LogP contribution >= 0.6 is 0 Å². The van der Waals surface area contributed by atoms with Crippen molar-refractivity contribution >= 4 is 17.3 Å². The first-order chi connectivity index (χ1) is 9.63. The van der Waals surface area contributed by atoms with Crippen molar-refractivity contribution in [1.82, 2.24) is 0 Å². The lowest BCUT2D eigenvalue weighted by atomic mass is 10.2. The minimum Gasteiger partial charge on any atom is -0.397 e. The first-order valence-electron chi connectivity index (χ1n) is 7.37. The highest BCUT2D eigenvalue weighted by molar-refractivity contribution is 5.94. The fourth-order valence-electron chi connectivity index (χ4n) is 1.95. The molecule has 0 saturated carbocycles. The summed E-state index contributed by atoms with van der Waals surface area (Å²) < 4.78 is 5.36. The molecule has 0 aliphatic heterocycles. The molecule has 0 heterocycles. The molecule has 4 nitrogen and oxygen atoms in total. The minimum absolute atomic E-state index is 0.0844. The first-order valence-corrected chi connectivity index (χ1v) is 7.37. The Morgan fingerprint density at radius 2 is 2.00 bits per heavy atom. The Morgan fingerprint density at radius 3 is 2.70 bits per heavy atom. The number of ether oxygens (including phenoxy) is 1. The number of rotatable bonds is 9. The van der Waals surface area contributed by atoms with E-state index in [-0.39, 0.29) is 12.5 Å². The molecule has 1 aromatic rings. The topological polar surface area (TPSA) is 64.3 Å². The molecule has 0 radical (unpaired) electrons. The molecule has 1 amide bonds. The zero-order chi connectivity index (χ0) is 14.8. The average molecular weight is 278 g/mol. The number of carbonyl (C=O) groups excluding carboxylic acids is 1. The highest BCUT2D eigenvalue weighted by atomic mass is 16.5. The highest BCUT2D eigenvalue weighted by Crippen LogP contribution is 2.19. The van der Waals surface area contributed by atoms with Gasteiger partial charge in [0.25, 0.3) is 0 Å². The molecule has 0 fully saturated rings. The molecule has 0 aliphatic carbocycles. The van der Waals surface area contributed by atoms with Gasteiger partial charge >= 0.3 is 0 Å². The van der Waals surface area contributed by atoms with E-state index in [2.05, 4.69) is 12.2 Å². The first kappa shape index (κ1) is 16.5. The van der Waals surface area contributed by atoms with Crippen molar-refractivity contribution in [2.75, 3.05) is 24.3 Å². The van der Waals surface area contributed by atoms with Crippen LogP contribution in [0.25, 0.3) is 0 Å². The maximum Gasteiger partial charge on any atom is 0.250 e. The fraction of sp³-hybridized carbons (Fsp3) is 0.562. The van der Waals surface area contributed by atoms with Crippen molar-refractivity contribution in [3.63, 3.8) is 0 Å². The van der Waals surface area contributed by atoms with Gasteiger partial charge < -0.3 is 15.8 Å². The number of anilines is 2. The molecule has 1 rings (SSSR count). The van der Waals surface area contributed by atoms with Crippen LogP contribution in [0.5, 0.6) is 0 Å². The maximum absolute atomic E-state index is 11.7. The number of hydrogen-bond donors (Lipinski definition) is 2. The smallest absolute Gasteiger partial charge is 0.250 e. The number of nitrogen functional groups attached to an aromatic ring is 1. The van der Waals surface area contributed by atoms with Gasteiger partial charge in [0.1, 0.15) is 6.61 Å². The second-order valence-corrected chi connectivity index (χ2v) is 5.11. The van der Waals surface area contributed by atoms with Crippen LogP contribution in [0.4, 0.5) is 11.4 Å². The normalized spacial score (nSPS) is 10.5. The molecule has 3 N–H and O–H groups in total. The Bertz CT molecular complexity index is 419. The van der Waals surface area contributed by atoms with Crippen molar-refractivity contribution in [3.05, 3.63) is 23.8 Å². The van der Waals surface area contributed by atoms with Crippen LogP contribution in [0, 0.1) is 6.92 Å². The predicted molar refractivity (Wildman–Crippen MR) is 83.8 cm³/mol. The van der Waals surface area contributed by atoms with E-state index in [0.29, 0.717) is 18.0 Å². The summed E-state index contributed by atoms with van der Waals surface area (Å²) in [6, 6.07) is 5.57. The van der Waals surface area contributed by atoms with E-state index in [1.807, 2.05) is 25.1 Å². The van der Waals surface area contributed by atoms with Gasteiger partial charge in [0.15, 0.2) is 0 Å².